The Morgan fingerprint density at radius 2 is 1.17 bits per heavy atom. The Morgan fingerprint density at radius 3 is 1.40 bits per heavy atom. The molecule has 0 saturated carbocycles. The Morgan fingerprint density at radius 1 is 0.827 bits per heavy atom. The van der Waals surface area contributed by atoms with Crippen LogP contribution in [0.1, 0.15) is 69.4 Å². The van der Waals surface area contributed by atoms with Crippen molar-refractivity contribution < 1.29 is 148 Å². The monoisotopic (exact) mass is 957 g/mol. The van der Waals surface area contributed by atoms with E-state index in [1.54, 1.807) is 39.8 Å². The van der Waals surface area contributed by atoms with Crippen molar-refractivity contribution in [3.63, 3.8) is 0 Å². The first-order valence-electron chi connectivity index (χ1n) is 15.4. The summed E-state index contributed by atoms with van der Waals surface area (Å²) in [5.74, 6) is 0.172. The quantitative estimate of drug-likeness (QED) is 0.116. The van der Waals surface area contributed by atoms with E-state index in [0.29, 0.717) is 16.9 Å². The molecule has 0 fully saturated rings. The maximum absolute atomic E-state index is 10.7. The summed E-state index contributed by atoms with van der Waals surface area (Å²) in [5.41, 5.74) is 0.0673. The number of nitrogens with one attached hydrogen (secondary N) is 1. The van der Waals surface area contributed by atoms with Gasteiger partial charge in [0.05, 0.1) is 21.0 Å². The number of aromatic hydroxyl groups is 1. The van der Waals surface area contributed by atoms with Gasteiger partial charge in [0.25, 0.3) is 15.2 Å². The number of nitro groups is 2. The van der Waals surface area contributed by atoms with Crippen LogP contribution in [0, 0.1) is 39.5 Å². The summed E-state index contributed by atoms with van der Waals surface area (Å²) in [6.07, 6.45) is 0. The van der Waals surface area contributed by atoms with Gasteiger partial charge in [0.15, 0.2) is 0 Å². The molecule has 0 unspecified atom stereocenters. The Labute approximate surface area is 500 Å². The van der Waals surface area contributed by atoms with E-state index in [4.69, 9.17) is 59.5 Å². The number of benzene rings is 2. The molecule has 0 aliphatic rings. The average Bonchev–Trinajstić information content (AvgIpc) is 2.96. The molecule has 0 aliphatic heterocycles. The number of phenolic OH excluding ortho intramolecular Hbond substituents is 1. The first kappa shape index (κ1) is 73.2. The Balaban J connectivity index is -0.0000000677. The predicted molar refractivity (Wildman–Crippen MR) is 203 cm³/mol. The molecule has 0 aliphatic carbocycles. The molecule has 0 spiro atoms. The van der Waals surface area contributed by atoms with Gasteiger partial charge in [-0.25, -0.2) is 0 Å². The van der Waals surface area contributed by atoms with Gasteiger partial charge in [-0.15, -0.1) is 0 Å². The summed E-state index contributed by atoms with van der Waals surface area (Å²) in [4.78, 5) is 20.0. The average molecular weight is 959 g/mol. The number of nitrogens with zero attached hydrogens (tertiary/aromatic N) is 2. The molecule has 2 aromatic carbocycles. The SMILES string of the molecule is CC(C)(C)OC(=N)C(Cl)(Cl)Cl.CCOCC.Cc1c(O)cccc1[N+](=O)[O-].Cc1c(OC(C)(C)C)cccc1[N+](=O)[O-].FB(F)F.[H-].[H-].[K+].[K+].[K][K].[K][K]. The second-order valence-corrected chi connectivity index (χ2v) is 12.9. The van der Waals surface area contributed by atoms with E-state index >= 15 is 0 Å². The van der Waals surface area contributed by atoms with Gasteiger partial charge in [0.1, 0.15) is 22.7 Å². The number of halogens is 6. The molecule has 0 aromatic heterocycles. The number of rotatable bonds is 5. The molecule has 24 heteroatoms. The van der Waals surface area contributed by atoms with Crippen molar-refractivity contribution in [3.05, 3.63) is 67.8 Å². The number of phenols is 1. The molecule has 2 N–H and O–H groups in total. The van der Waals surface area contributed by atoms with Crippen molar-refractivity contribution in [1.29, 1.82) is 5.41 Å². The molecule has 270 valence electrons. The van der Waals surface area contributed by atoms with Crippen molar-refractivity contribution in [3.8, 4) is 11.5 Å². The Kier molecular flexibility index (Phi) is 60.7. The fourth-order valence-corrected chi connectivity index (χ4v) is 2.73. The van der Waals surface area contributed by atoms with Gasteiger partial charge < -0.3 is 22.2 Å². The molecular weight excluding hydrogens is 915 g/mol. The molecular formula is C28H44BCl3F3K6N3O8. The molecule has 0 radical (unpaired) electrons. The van der Waals surface area contributed by atoms with Crippen molar-refractivity contribution in [1.82, 2.24) is 0 Å². The molecule has 0 amide bonds. The van der Waals surface area contributed by atoms with Crippen LogP contribution in [0.3, 0.4) is 0 Å². The van der Waals surface area contributed by atoms with Crippen LogP contribution in [-0.4, -0.2) is 183 Å². The summed E-state index contributed by atoms with van der Waals surface area (Å²) in [6, 6.07) is 9.07. The van der Waals surface area contributed by atoms with Crippen LogP contribution in [0.2, 0.25) is 0 Å². The van der Waals surface area contributed by atoms with E-state index < -0.39 is 26.8 Å². The van der Waals surface area contributed by atoms with Gasteiger partial charge in [-0.05, 0) is 81.4 Å². The topological polar surface area (TPSA) is 158 Å². The zero-order chi connectivity index (χ0) is 41.1. The zero-order valence-corrected chi connectivity index (χ0v) is 54.4. The maximum atomic E-state index is 10.7. The van der Waals surface area contributed by atoms with Gasteiger partial charge in [-0.2, -0.15) is 0 Å². The van der Waals surface area contributed by atoms with E-state index in [1.807, 2.05) is 34.6 Å². The van der Waals surface area contributed by atoms with Crippen molar-refractivity contribution >= 4 is 186 Å². The van der Waals surface area contributed by atoms with Gasteiger partial charge >= 0.3 is 237 Å². The summed E-state index contributed by atoms with van der Waals surface area (Å²) in [5, 5.41) is 37.2. The van der Waals surface area contributed by atoms with Gasteiger partial charge in [-0.1, -0.05) is 46.9 Å². The summed E-state index contributed by atoms with van der Waals surface area (Å²) in [6.45, 7) is 19.9. The van der Waals surface area contributed by atoms with Crippen LogP contribution >= 0.6 is 34.8 Å². The molecule has 0 heterocycles. The number of nitro benzene ring substituents is 2. The van der Waals surface area contributed by atoms with Crippen LogP contribution in [0.4, 0.5) is 24.3 Å². The van der Waals surface area contributed by atoms with Crippen LogP contribution in [-0.2, 0) is 9.47 Å². The van der Waals surface area contributed by atoms with Crippen LogP contribution in [0.5, 0.6) is 11.5 Å². The van der Waals surface area contributed by atoms with Crippen LogP contribution in [0.25, 0.3) is 0 Å². The third-order valence-electron chi connectivity index (χ3n) is 4.42. The van der Waals surface area contributed by atoms with E-state index in [-0.39, 0.29) is 134 Å². The first-order chi connectivity index (χ1) is 22.7. The third kappa shape index (κ3) is 47.9. The van der Waals surface area contributed by atoms with E-state index in [2.05, 4.69) is 0 Å². The molecule has 52 heavy (non-hydrogen) atoms. The summed E-state index contributed by atoms with van der Waals surface area (Å²) >= 11 is 21.1. The van der Waals surface area contributed by atoms with Gasteiger partial charge in [-0.3, -0.25) is 38.6 Å². The molecule has 2 rings (SSSR count). The molecule has 0 saturated heterocycles. The number of hydrogen-bond donors (Lipinski definition) is 2. The standard InChI is InChI=1S/C11H15NO3.C7H7NO3.C6H10Cl3NO.C4H10O.BF3.6K.2H/c1-8-9(12(13)14)6-5-7-10(8)15-11(2,3)4;1-5-6(8(10)11)3-2-4-7(5)9;1-5(2,3)11-4(10)6(7,8)9;1-3-5-4-2;2-1(3)4;;;;;;;;/h5-7H,1-4H3;2-4,9H,1H3;10H,1-3H3;3-4H2,1-2H3;;;;;;;;;/q;;;;;;;;;2*+1;2*-1. The van der Waals surface area contributed by atoms with Crippen LogP contribution < -0.4 is 108 Å². The third-order valence-corrected chi connectivity index (χ3v) is 4.93. The fourth-order valence-electron chi connectivity index (χ4n) is 2.62. The Bertz CT molecular complexity index is 1260. The van der Waals surface area contributed by atoms with E-state index in [0.717, 1.165) is 13.2 Å². The molecule has 0 atom stereocenters. The second-order valence-electron chi connectivity index (χ2n) is 10.6. The Hall–Kier alpha value is 6.81. The van der Waals surface area contributed by atoms with E-state index in [9.17, 15) is 33.2 Å². The summed E-state index contributed by atoms with van der Waals surface area (Å²) in [7, 11) is -3.67. The van der Waals surface area contributed by atoms with Gasteiger partial charge in [0, 0.05) is 25.3 Å². The predicted octanol–water partition coefficient (Wildman–Crippen LogP) is 2.47. The fraction of sp³-hybridized carbons (Fsp3) is 0.536. The molecule has 0 bridgehead atoms. The van der Waals surface area contributed by atoms with E-state index in [1.165, 1.54) is 157 Å². The number of alkyl halides is 3. The second kappa shape index (κ2) is 43.1. The molecule has 2 aromatic rings. The first-order valence-corrected chi connectivity index (χ1v) is 48.6. The summed E-state index contributed by atoms with van der Waals surface area (Å²) < 4.78 is 42.7. The van der Waals surface area contributed by atoms with Crippen molar-refractivity contribution in [2.75, 3.05) is 13.2 Å². The minimum atomic E-state index is -3.67. The zero-order valence-electron chi connectivity index (χ0n) is 35.4. The van der Waals surface area contributed by atoms with Gasteiger partial charge in [0.2, 0.25) is 5.90 Å². The van der Waals surface area contributed by atoms with Crippen molar-refractivity contribution in [2.24, 2.45) is 0 Å². The number of ether oxygens (including phenoxy) is 3. The normalized spacial score (nSPS) is 9.62. The molecule has 11 nitrogen and oxygen atoms in total. The van der Waals surface area contributed by atoms with Crippen LogP contribution in [0.15, 0.2) is 36.4 Å². The minimum absolute atomic E-state index is 0. The number of hydrogen-bond acceptors (Lipinski definition) is 9. The van der Waals surface area contributed by atoms with Crippen molar-refractivity contribution in [2.45, 2.75) is 84.2 Å².